The number of hydrogen-bond acceptors (Lipinski definition) is 4. The van der Waals surface area contributed by atoms with Gasteiger partial charge in [-0.2, -0.15) is 0 Å². The summed E-state index contributed by atoms with van der Waals surface area (Å²) < 4.78 is 0. The maximum Gasteiger partial charge on any atom is 0.107 e. The lowest BCUT2D eigenvalue weighted by atomic mass is 10.2. The van der Waals surface area contributed by atoms with Crippen molar-refractivity contribution >= 4 is 11.3 Å². The number of thiazole rings is 1. The van der Waals surface area contributed by atoms with E-state index in [2.05, 4.69) is 29.4 Å². The zero-order valence-corrected chi connectivity index (χ0v) is 12.4. The van der Waals surface area contributed by atoms with E-state index in [-0.39, 0.29) is 0 Å². The van der Waals surface area contributed by atoms with Crippen LogP contribution in [0.25, 0.3) is 0 Å². The molecule has 1 aromatic rings. The van der Waals surface area contributed by atoms with E-state index in [9.17, 15) is 0 Å². The topological polar surface area (TPSA) is 28.2 Å². The average Bonchev–Trinajstić information content (AvgIpc) is 2.62. The molecule has 0 atom stereocenters. The quantitative estimate of drug-likeness (QED) is 0.889. The Bertz CT molecular complexity index is 341. The van der Waals surface area contributed by atoms with E-state index in [1.807, 2.05) is 0 Å². The minimum atomic E-state index is 0.531. The van der Waals surface area contributed by atoms with Crippen LogP contribution in [-0.2, 0) is 13.1 Å². The van der Waals surface area contributed by atoms with Crippen LogP contribution < -0.4 is 5.32 Å². The van der Waals surface area contributed by atoms with Crippen LogP contribution in [-0.4, -0.2) is 29.0 Å². The normalized spacial score (nSPS) is 18.2. The molecule has 2 rings (SSSR count). The molecule has 102 valence electrons. The summed E-state index contributed by atoms with van der Waals surface area (Å²) in [5, 5.41) is 6.86. The van der Waals surface area contributed by atoms with Crippen molar-refractivity contribution in [2.24, 2.45) is 0 Å². The van der Waals surface area contributed by atoms with Crippen molar-refractivity contribution in [3.8, 4) is 0 Å². The monoisotopic (exact) mass is 267 g/mol. The number of likely N-dealkylation sites (tertiary alicyclic amines) is 1. The van der Waals surface area contributed by atoms with Gasteiger partial charge >= 0.3 is 0 Å². The van der Waals surface area contributed by atoms with Gasteiger partial charge in [-0.3, -0.25) is 4.90 Å². The molecule has 0 saturated carbocycles. The first-order valence-electron chi connectivity index (χ1n) is 7.13. The first kappa shape index (κ1) is 14.0. The summed E-state index contributed by atoms with van der Waals surface area (Å²) in [6.07, 6.45) is 5.51. The summed E-state index contributed by atoms with van der Waals surface area (Å²) in [7, 11) is 0. The van der Waals surface area contributed by atoms with Gasteiger partial charge in [0.25, 0.3) is 0 Å². The zero-order chi connectivity index (χ0) is 12.8. The van der Waals surface area contributed by atoms with Gasteiger partial charge in [-0.25, -0.2) is 4.98 Å². The molecule has 1 saturated heterocycles. The van der Waals surface area contributed by atoms with Crippen molar-refractivity contribution in [3.63, 3.8) is 0 Å². The summed E-state index contributed by atoms with van der Waals surface area (Å²) >= 11 is 1.79. The average molecular weight is 267 g/mol. The molecule has 0 amide bonds. The molecule has 0 unspecified atom stereocenters. The smallest absolute Gasteiger partial charge is 0.107 e. The summed E-state index contributed by atoms with van der Waals surface area (Å²) in [6.45, 7) is 8.78. The highest BCUT2D eigenvalue weighted by atomic mass is 32.1. The molecule has 0 spiro atoms. The number of nitrogens with one attached hydrogen (secondary N) is 1. The van der Waals surface area contributed by atoms with E-state index in [4.69, 9.17) is 4.98 Å². The summed E-state index contributed by atoms with van der Waals surface area (Å²) in [6, 6.07) is 0.531. The Labute approximate surface area is 115 Å². The number of hydrogen-bond donors (Lipinski definition) is 1. The van der Waals surface area contributed by atoms with Crippen LogP contribution >= 0.6 is 11.3 Å². The third-order valence-corrected chi connectivity index (χ3v) is 4.24. The Hall–Kier alpha value is -0.450. The van der Waals surface area contributed by atoms with Crippen LogP contribution in [0.1, 0.15) is 50.2 Å². The molecule has 1 fully saturated rings. The molecule has 0 bridgehead atoms. The molecule has 1 aliphatic heterocycles. The van der Waals surface area contributed by atoms with Crippen LogP contribution in [0, 0.1) is 0 Å². The van der Waals surface area contributed by atoms with Crippen LogP contribution in [0.15, 0.2) is 5.38 Å². The fourth-order valence-electron chi connectivity index (χ4n) is 2.32. The fraction of sp³-hybridized carbons (Fsp3) is 0.786. The standard InChI is InChI=1S/C14H25N3S/c1-12(2)15-9-14-16-13(11-18-14)10-17-7-5-3-4-6-8-17/h11-12,15H,3-10H2,1-2H3. The first-order chi connectivity index (χ1) is 8.74. The van der Waals surface area contributed by atoms with Crippen LogP contribution in [0.4, 0.5) is 0 Å². The van der Waals surface area contributed by atoms with Crippen LogP contribution in [0.5, 0.6) is 0 Å². The lowest BCUT2D eigenvalue weighted by molar-refractivity contribution is 0.274. The van der Waals surface area contributed by atoms with E-state index in [0.717, 1.165) is 13.1 Å². The summed E-state index contributed by atoms with van der Waals surface area (Å²) in [5.41, 5.74) is 1.25. The minimum Gasteiger partial charge on any atom is -0.308 e. The van der Waals surface area contributed by atoms with E-state index < -0.39 is 0 Å². The summed E-state index contributed by atoms with van der Waals surface area (Å²) in [4.78, 5) is 7.28. The molecule has 18 heavy (non-hydrogen) atoms. The van der Waals surface area contributed by atoms with Crippen molar-refractivity contribution in [1.29, 1.82) is 0 Å². The maximum atomic E-state index is 4.72. The molecule has 4 heteroatoms. The van der Waals surface area contributed by atoms with Gasteiger partial charge in [-0.1, -0.05) is 26.7 Å². The largest absolute Gasteiger partial charge is 0.308 e. The zero-order valence-electron chi connectivity index (χ0n) is 11.6. The van der Waals surface area contributed by atoms with Gasteiger partial charge in [0.1, 0.15) is 5.01 Å². The fourth-order valence-corrected chi connectivity index (χ4v) is 3.05. The van der Waals surface area contributed by atoms with Gasteiger partial charge in [-0.15, -0.1) is 11.3 Å². The van der Waals surface area contributed by atoms with Gasteiger partial charge in [0.05, 0.1) is 5.69 Å². The third-order valence-electron chi connectivity index (χ3n) is 3.35. The Balaban J connectivity index is 1.81. The Morgan fingerprint density at radius 2 is 2.00 bits per heavy atom. The second-order valence-corrected chi connectivity index (χ2v) is 6.40. The van der Waals surface area contributed by atoms with Crippen molar-refractivity contribution in [3.05, 3.63) is 16.1 Å². The van der Waals surface area contributed by atoms with Crippen LogP contribution in [0.3, 0.4) is 0 Å². The molecular weight excluding hydrogens is 242 g/mol. The van der Waals surface area contributed by atoms with E-state index >= 15 is 0 Å². The SMILES string of the molecule is CC(C)NCc1nc(CN2CCCCCC2)cs1. The van der Waals surface area contributed by atoms with Crippen molar-refractivity contribution in [1.82, 2.24) is 15.2 Å². The second-order valence-electron chi connectivity index (χ2n) is 5.46. The van der Waals surface area contributed by atoms with Crippen molar-refractivity contribution in [2.45, 2.75) is 58.7 Å². The molecular formula is C14H25N3S. The first-order valence-corrected chi connectivity index (χ1v) is 8.01. The molecule has 0 radical (unpaired) electrons. The van der Waals surface area contributed by atoms with Gasteiger partial charge in [0, 0.05) is 24.5 Å². The van der Waals surface area contributed by atoms with E-state index in [0.29, 0.717) is 6.04 Å². The third kappa shape index (κ3) is 4.67. The minimum absolute atomic E-state index is 0.531. The lowest BCUT2D eigenvalue weighted by Crippen LogP contribution is -2.24. The lowest BCUT2D eigenvalue weighted by Gasteiger charge is -2.18. The Morgan fingerprint density at radius 3 is 2.67 bits per heavy atom. The highest BCUT2D eigenvalue weighted by molar-refractivity contribution is 7.09. The van der Waals surface area contributed by atoms with Gasteiger partial charge < -0.3 is 5.32 Å². The Morgan fingerprint density at radius 1 is 1.28 bits per heavy atom. The van der Waals surface area contributed by atoms with Gasteiger partial charge in [-0.05, 0) is 25.9 Å². The van der Waals surface area contributed by atoms with Gasteiger partial charge in [0.15, 0.2) is 0 Å². The molecule has 2 heterocycles. The predicted molar refractivity (Wildman–Crippen MR) is 77.8 cm³/mol. The molecule has 1 N–H and O–H groups in total. The van der Waals surface area contributed by atoms with Crippen molar-refractivity contribution < 1.29 is 0 Å². The Kier molecular flexibility index (Phi) is 5.60. The van der Waals surface area contributed by atoms with Gasteiger partial charge in [0.2, 0.25) is 0 Å². The van der Waals surface area contributed by atoms with Crippen molar-refractivity contribution in [2.75, 3.05) is 13.1 Å². The molecule has 0 aliphatic carbocycles. The number of nitrogens with zero attached hydrogens (tertiary/aromatic N) is 2. The molecule has 1 aliphatic rings. The summed E-state index contributed by atoms with van der Waals surface area (Å²) in [5.74, 6) is 0. The highest BCUT2D eigenvalue weighted by Crippen LogP contribution is 2.15. The molecule has 3 nitrogen and oxygen atoms in total. The van der Waals surface area contributed by atoms with E-state index in [1.54, 1.807) is 11.3 Å². The predicted octanol–water partition coefficient (Wildman–Crippen LogP) is 3.02. The number of aromatic nitrogens is 1. The highest BCUT2D eigenvalue weighted by Gasteiger charge is 2.11. The van der Waals surface area contributed by atoms with E-state index in [1.165, 1.54) is 49.5 Å². The molecule has 0 aromatic carbocycles. The van der Waals surface area contributed by atoms with Crippen LogP contribution in [0.2, 0.25) is 0 Å². The number of rotatable bonds is 5. The molecule has 1 aromatic heterocycles. The maximum absolute atomic E-state index is 4.72. The second kappa shape index (κ2) is 7.22.